The zero-order chi connectivity index (χ0) is 12.9. The number of halogens is 1. The van der Waals surface area contributed by atoms with Gasteiger partial charge < -0.3 is 9.30 Å². The second-order valence-electron chi connectivity index (χ2n) is 4.68. The Balaban J connectivity index is 2.36. The first kappa shape index (κ1) is 11.8. The molecule has 3 rings (SSSR count). The first-order chi connectivity index (χ1) is 8.63. The molecule has 0 spiro atoms. The topological polar surface area (TPSA) is 31.2 Å². The molecule has 0 saturated carbocycles. The molecule has 0 unspecified atom stereocenters. The van der Waals surface area contributed by atoms with Crippen LogP contribution in [0.5, 0.6) is 0 Å². The number of aromatic nitrogens is 1. The molecule has 1 aromatic heterocycles. The Morgan fingerprint density at radius 2 is 2.22 bits per heavy atom. The Morgan fingerprint density at radius 1 is 1.44 bits per heavy atom. The number of aryl methyl sites for hydroxylation is 2. The fourth-order valence-electron chi connectivity index (χ4n) is 2.80. The number of carbonyl (C=O) groups excluding carboxylic acids is 1. The van der Waals surface area contributed by atoms with E-state index in [2.05, 4.69) is 27.4 Å². The van der Waals surface area contributed by atoms with Crippen LogP contribution in [0.4, 0.5) is 0 Å². The van der Waals surface area contributed by atoms with Gasteiger partial charge in [0.2, 0.25) is 0 Å². The summed E-state index contributed by atoms with van der Waals surface area (Å²) in [5, 5.41) is 1.12. The van der Waals surface area contributed by atoms with Gasteiger partial charge in [-0.2, -0.15) is 0 Å². The van der Waals surface area contributed by atoms with Crippen LogP contribution >= 0.6 is 15.9 Å². The highest BCUT2D eigenvalue weighted by molar-refractivity contribution is 9.10. The lowest BCUT2D eigenvalue weighted by Crippen LogP contribution is -2.10. The van der Waals surface area contributed by atoms with E-state index in [0.717, 1.165) is 29.2 Å². The normalized spacial score (nSPS) is 13.9. The Labute approximate surface area is 114 Å². The molecule has 0 fully saturated rings. The lowest BCUT2D eigenvalue weighted by Gasteiger charge is -2.17. The number of hydrogen-bond acceptors (Lipinski definition) is 2. The van der Waals surface area contributed by atoms with E-state index in [1.54, 1.807) is 0 Å². The van der Waals surface area contributed by atoms with Gasteiger partial charge in [0.1, 0.15) is 0 Å². The van der Waals surface area contributed by atoms with Gasteiger partial charge in [-0.25, -0.2) is 4.79 Å². The molecule has 1 aromatic carbocycles. The maximum Gasteiger partial charge on any atom is 0.337 e. The van der Waals surface area contributed by atoms with Crippen LogP contribution < -0.4 is 0 Å². The molecule has 1 aliphatic heterocycles. The molecule has 0 atom stereocenters. The Kier molecular flexibility index (Phi) is 2.70. The predicted octanol–water partition coefficient (Wildman–Crippen LogP) is 3.45. The summed E-state index contributed by atoms with van der Waals surface area (Å²) in [6, 6.07) is 3.89. The number of methoxy groups -OCH3 is 1. The van der Waals surface area contributed by atoms with Crippen molar-refractivity contribution >= 4 is 32.8 Å². The first-order valence-corrected chi connectivity index (χ1v) is 6.82. The molecule has 3 nitrogen and oxygen atoms in total. The number of esters is 1. The van der Waals surface area contributed by atoms with Gasteiger partial charge in [-0.3, -0.25) is 0 Å². The van der Waals surface area contributed by atoms with Crippen molar-refractivity contribution in [2.75, 3.05) is 7.11 Å². The van der Waals surface area contributed by atoms with E-state index < -0.39 is 0 Å². The van der Waals surface area contributed by atoms with E-state index in [9.17, 15) is 4.79 Å². The molecule has 18 heavy (non-hydrogen) atoms. The summed E-state index contributed by atoms with van der Waals surface area (Å²) in [4.78, 5) is 11.7. The van der Waals surface area contributed by atoms with Crippen LogP contribution in [-0.4, -0.2) is 17.6 Å². The zero-order valence-electron chi connectivity index (χ0n) is 10.4. The van der Waals surface area contributed by atoms with E-state index >= 15 is 0 Å². The summed E-state index contributed by atoms with van der Waals surface area (Å²) in [7, 11) is 1.42. The third-order valence-electron chi connectivity index (χ3n) is 3.67. The van der Waals surface area contributed by atoms with Crippen molar-refractivity contribution in [1.82, 2.24) is 4.57 Å². The van der Waals surface area contributed by atoms with Gasteiger partial charge in [-0.15, -0.1) is 0 Å². The van der Waals surface area contributed by atoms with Crippen LogP contribution in [0, 0.1) is 6.92 Å². The van der Waals surface area contributed by atoms with Crippen molar-refractivity contribution in [1.29, 1.82) is 0 Å². The van der Waals surface area contributed by atoms with Gasteiger partial charge in [-0.05, 0) is 53.4 Å². The van der Waals surface area contributed by atoms with E-state index in [-0.39, 0.29) is 5.97 Å². The molecule has 0 N–H and O–H groups in total. The van der Waals surface area contributed by atoms with Gasteiger partial charge >= 0.3 is 5.97 Å². The minimum atomic E-state index is -0.268. The third kappa shape index (κ3) is 1.52. The maximum absolute atomic E-state index is 11.7. The van der Waals surface area contributed by atoms with Crippen molar-refractivity contribution in [3.05, 3.63) is 33.4 Å². The number of nitrogens with zero attached hydrogens (tertiary/aromatic N) is 1. The second-order valence-corrected chi connectivity index (χ2v) is 5.47. The smallest absolute Gasteiger partial charge is 0.337 e. The third-order valence-corrected chi connectivity index (χ3v) is 4.67. The van der Waals surface area contributed by atoms with Crippen molar-refractivity contribution in [3.8, 4) is 0 Å². The first-order valence-electron chi connectivity index (χ1n) is 6.03. The fourth-order valence-corrected chi connectivity index (χ4v) is 3.31. The van der Waals surface area contributed by atoms with E-state index in [0.29, 0.717) is 5.56 Å². The highest BCUT2D eigenvalue weighted by atomic mass is 79.9. The fraction of sp³-hybridized carbons (Fsp3) is 0.357. The lowest BCUT2D eigenvalue weighted by molar-refractivity contribution is 0.0601. The van der Waals surface area contributed by atoms with E-state index in [1.165, 1.54) is 23.9 Å². The molecular formula is C14H14BrNO2. The van der Waals surface area contributed by atoms with Crippen LogP contribution in [0.15, 0.2) is 16.6 Å². The average molecular weight is 308 g/mol. The van der Waals surface area contributed by atoms with E-state index in [1.807, 2.05) is 12.1 Å². The summed E-state index contributed by atoms with van der Waals surface area (Å²) < 4.78 is 8.24. The maximum atomic E-state index is 11.7. The number of rotatable bonds is 1. The quantitative estimate of drug-likeness (QED) is 0.756. The van der Waals surface area contributed by atoms with Gasteiger partial charge in [0.25, 0.3) is 0 Å². The minimum absolute atomic E-state index is 0.268. The zero-order valence-corrected chi connectivity index (χ0v) is 12.0. The number of hydrogen-bond donors (Lipinski definition) is 0. The molecule has 0 saturated heterocycles. The molecule has 0 amide bonds. The largest absolute Gasteiger partial charge is 0.465 e. The van der Waals surface area contributed by atoms with Gasteiger partial charge in [0.05, 0.1) is 18.2 Å². The SMILES string of the molecule is COC(=O)c1cc2c3c(c1)c(Br)c(C)n3CCC2. The van der Waals surface area contributed by atoms with Gasteiger partial charge in [0.15, 0.2) is 0 Å². The molecule has 94 valence electrons. The highest BCUT2D eigenvalue weighted by Gasteiger charge is 2.21. The van der Waals surface area contributed by atoms with Gasteiger partial charge in [0, 0.05) is 22.1 Å². The number of carbonyl (C=O) groups is 1. The van der Waals surface area contributed by atoms with Crippen molar-refractivity contribution in [2.45, 2.75) is 26.3 Å². The van der Waals surface area contributed by atoms with Crippen LogP contribution in [0.2, 0.25) is 0 Å². The van der Waals surface area contributed by atoms with Crippen molar-refractivity contribution in [2.24, 2.45) is 0 Å². The monoisotopic (exact) mass is 307 g/mol. The average Bonchev–Trinajstić information content (AvgIpc) is 2.65. The molecule has 2 heterocycles. The van der Waals surface area contributed by atoms with Crippen molar-refractivity contribution in [3.63, 3.8) is 0 Å². The summed E-state index contributed by atoms with van der Waals surface area (Å²) in [6.45, 7) is 3.16. The standard InChI is InChI=1S/C14H14BrNO2/c1-8-12(15)11-7-10(14(17)18-2)6-9-4-3-5-16(8)13(9)11/h6-7H,3-5H2,1-2H3. The molecule has 2 aromatic rings. The summed E-state index contributed by atoms with van der Waals surface area (Å²) >= 11 is 3.64. The van der Waals surface area contributed by atoms with Crippen LogP contribution in [0.3, 0.4) is 0 Å². The van der Waals surface area contributed by atoms with E-state index in [4.69, 9.17) is 4.74 Å². The Bertz CT molecular complexity index is 658. The Hall–Kier alpha value is -1.29. The Morgan fingerprint density at radius 3 is 2.94 bits per heavy atom. The second kappa shape index (κ2) is 4.12. The summed E-state index contributed by atoms with van der Waals surface area (Å²) in [5.41, 5.74) is 4.37. The van der Waals surface area contributed by atoms with Crippen LogP contribution in [-0.2, 0) is 17.7 Å². The summed E-state index contributed by atoms with van der Waals surface area (Å²) in [5.74, 6) is -0.268. The highest BCUT2D eigenvalue weighted by Crippen LogP contribution is 2.36. The molecular weight excluding hydrogens is 294 g/mol. The van der Waals surface area contributed by atoms with Crippen molar-refractivity contribution < 1.29 is 9.53 Å². The van der Waals surface area contributed by atoms with Crippen LogP contribution in [0.25, 0.3) is 10.9 Å². The van der Waals surface area contributed by atoms with Crippen LogP contribution in [0.1, 0.15) is 28.0 Å². The number of benzene rings is 1. The molecule has 0 bridgehead atoms. The molecule has 1 aliphatic rings. The predicted molar refractivity (Wildman–Crippen MR) is 74.0 cm³/mol. The van der Waals surface area contributed by atoms with Gasteiger partial charge in [-0.1, -0.05) is 0 Å². The lowest BCUT2D eigenvalue weighted by atomic mass is 10.0. The molecule has 4 heteroatoms. The minimum Gasteiger partial charge on any atom is -0.465 e. The molecule has 0 aliphatic carbocycles. The molecule has 0 radical (unpaired) electrons. The number of ether oxygens (including phenoxy) is 1. The summed E-state index contributed by atoms with van der Waals surface area (Å²) in [6.07, 6.45) is 2.14.